The molecule has 0 aliphatic heterocycles. The smallest absolute Gasteiger partial charge is 0.229 e. The molecule has 2 N–H and O–H groups in total. The minimum atomic E-state index is -0.386. The molecule has 0 heterocycles. The summed E-state index contributed by atoms with van der Waals surface area (Å²) in [7, 11) is 0. The van der Waals surface area contributed by atoms with Crippen molar-refractivity contribution in [3.05, 3.63) is 35.4 Å². The van der Waals surface area contributed by atoms with Gasteiger partial charge < -0.3 is 5.73 Å². The van der Waals surface area contributed by atoms with Crippen molar-refractivity contribution in [3.63, 3.8) is 0 Å². The molecule has 2 nitrogen and oxygen atoms in total. The number of carbonyl (C=O) groups excluding carboxylic acids is 1. The zero-order valence-corrected chi connectivity index (χ0v) is 8.21. The summed E-state index contributed by atoms with van der Waals surface area (Å²) in [6.07, 6.45) is 1.14. The first-order valence-corrected chi connectivity index (χ1v) is 4.58. The Bertz CT molecular complexity index is 368. The number of aryl methyl sites for hydroxylation is 1. The van der Waals surface area contributed by atoms with Crippen LogP contribution in [-0.2, 0) is 11.2 Å². The number of carbonyl (C=O) groups is 1. The Labute approximate surface area is 84.1 Å². The molecule has 2 heteroatoms. The Morgan fingerprint density at radius 3 is 2.50 bits per heavy atom. The number of primary amides is 1. The summed E-state index contributed by atoms with van der Waals surface area (Å²) in [6, 6.07) is 7.97. The number of hydrogen-bond acceptors (Lipinski definition) is 1. The summed E-state index contributed by atoms with van der Waals surface area (Å²) < 4.78 is 0. The van der Waals surface area contributed by atoms with E-state index in [2.05, 4.69) is 18.8 Å². The van der Waals surface area contributed by atoms with Gasteiger partial charge >= 0.3 is 0 Å². The second-order valence-electron chi connectivity index (χ2n) is 3.00. The van der Waals surface area contributed by atoms with Crippen LogP contribution in [0.15, 0.2) is 24.3 Å². The van der Waals surface area contributed by atoms with Gasteiger partial charge in [-0.25, -0.2) is 0 Å². The van der Waals surface area contributed by atoms with Crippen LogP contribution in [0, 0.1) is 11.8 Å². The monoisotopic (exact) mass is 187 g/mol. The van der Waals surface area contributed by atoms with Gasteiger partial charge in [-0.15, -0.1) is 0 Å². The highest BCUT2D eigenvalue weighted by molar-refractivity contribution is 5.76. The average Bonchev–Trinajstić information content (AvgIpc) is 2.18. The Morgan fingerprint density at radius 1 is 1.36 bits per heavy atom. The minimum absolute atomic E-state index is 0.121. The minimum Gasteiger partial charge on any atom is -0.369 e. The molecular weight excluding hydrogens is 174 g/mol. The largest absolute Gasteiger partial charge is 0.369 e. The van der Waals surface area contributed by atoms with Crippen LogP contribution in [0.25, 0.3) is 0 Å². The maximum Gasteiger partial charge on any atom is 0.229 e. The fourth-order valence-corrected chi connectivity index (χ4v) is 1.06. The zero-order chi connectivity index (χ0) is 10.4. The molecule has 14 heavy (non-hydrogen) atoms. The second kappa shape index (κ2) is 5.08. The molecule has 1 aromatic carbocycles. The SMILES string of the molecule is CCc1ccc(C#CCC(N)=O)cc1. The third-order valence-corrected chi connectivity index (χ3v) is 1.86. The predicted octanol–water partition coefficient (Wildman–Crippen LogP) is 1.48. The van der Waals surface area contributed by atoms with E-state index in [1.54, 1.807) is 0 Å². The Kier molecular flexibility index (Phi) is 3.75. The molecule has 72 valence electrons. The topological polar surface area (TPSA) is 43.1 Å². The van der Waals surface area contributed by atoms with Crippen molar-refractivity contribution >= 4 is 5.91 Å². The molecule has 1 aromatic rings. The van der Waals surface area contributed by atoms with E-state index in [9.17, 15) is 4.79 Å². The lowest BCUT2D eigenvalue weighted by molar-refractivity contribution is -0.117. The van der Waals surface area contributed by atoms with Crippen LogP contribution in [0.1, 0.15) is 24.5 Å². The van der Waals surface area contributed by atoms with Crippen molar-refractivity contribution in [3.8, 4) is 11.8 Å². The lowest BCUT2D eigenvalue weighted by Crippen LogP contribution is -2.08. The third-order valence-electron chi connectivity index (χ3n) is 1.86. The van der Waals surface area contributed by atoms with E-state index in [1.165, 1.54) is 5.56 Å². The molecule has 0 aliphatic rings. The van der Waals surface area contributed by atoms with E-state index in [0.29, 0.717) is 0 Å². The number of nitrogens with two attached hydrogens (primary N) is 1. The van der Waals surface area contributed by atoms with Crippen molar-refractivity contribution < 1.29 is 4.79 Å². The summed E-state index contributed by atoms with van der Waals surface area (Å²) in [6.45, 7) is 2.10. The normalized spacial score (nSPS) is 8.93. The summed E-state index contributed by atoms with van der Waals surface area (Å²) >= 11 is 0. The number of amides is 1. The molecule has 0 unspecified atom stereocenters. The predicted molar refractivity (Wildman–Crippen MR) is 56.5 cm³/mol. The molecule has 0 aliphatic carbocycles. The number of rotatable bonds is 2. The van der Waals surface area contributed by atoms with E-state index in [0.717, 1.165) is 12.0 Å². The first-order chi connectivity index (χ1) is 6.72. The van der Waals surface area contributed by atoms with Gasteiger partial charge in [-0.3, -0.25) is 4.79 Å². The van der Waals surface area contributed by atoms with Crippen LogP contribution in [0.3, 0.4) is 0 Å². The van der Waals surface area contributed by atoms with Crippen LogP contribution >= 0.6 is 0 Å². The first-order valence-electron chi connectivity index (χ1n) is 4.58. The van der Waals surface area contributed by atoms with Gasteiger partial charge in [0, 0.05) is 5.56 Å². The quantitative estimate of drug-likeness (QED) is 0.700. The fraction of sp³-hybridized carbons (Fsp3) is 0.250. The van der Waals surface area contributed by atoms with Crippen LogP contribution in [-0.4, -0.2) is 5.91 Å². The van der Waals surface area contributed by atoms with Gasteiger partial charge in [0.2, 0.25) is 5.91 Å². The van der Waals surface area contributed by atoms with E-state index in [4.69, 9.17) is 5.73 Å². The van der Waals surface area contributed by atoms with Crippen LogP contribution < -0.4 is 5.73 Å². The highest BCUT2D eigenvalue weighted by atomic mass is 16.1. The van der Waals surface area contributed by atoms with Gasteiger partial charge in [-0.2, -0.15) is 0 Å². The Balaban J connectivity index is 2.66. The van der Waals surface area contributed by atoms with Gasteiger partial charge in [-0.05, 0) is 24.1 Å². The van der Waals surface area contributed by atoms with E-state index in [1.807, 2.05) is 24.3 Å². The maximum absolute atomic E-state index is 10.4. The highest BCUT2D eigenvalue weighted by Gasteiger charge is 1.89. The molecule has 1 amide bonds. The van der Waals surface area contributed by atoms with E-state index >= 15 is 0 Å². The number of benzene rings is 1. The van der Waals surface area contributed by atoms with Gasteiger partial charge in [0.25, 0.3) is 0 Å². The van der Waals surface area contributed by atoms with Crippen molar-refractivity contribution in [1.29, 1.82) is 0 Å². The third kappa shape index (κ3) is 3.32. The van der Waals surface area contributed by atoms with Crippen LogP contribution in [0.5, 0.6) is 0 Å². The van der Waals surface area contributed by atoms with Crippen LogP contribution in [0.2, 0.25) is 0 Å². The van der Waals surface area contributed by atoms with Gasteiger partial charge in [0.15, 0.2) is 0 Å². The fourth-order valence-electron chi connectivity index (χ4n) is 1.06. The van der Waals surface area contributed by atoms with E-state index < -0.39 is 0 Å². The first kappa shape index (κ1) is 10.3. The molecule has 1 rings (SSSR count). The van der Waals surface area contributed by atoms with Gasteiger partial charge in [0.05, 0.1) is 6.42 Å². The molecule has 0 radical (unpaired) electrons. The number of hydrogen-bond donors (Lipinski definition) is 1. The molecule has 0 aromatic heterocycles. The second-order valence-corrected chi connectivity index (χ2v) is 3.00. The molecule has 0 atom stereocenters. The summed E-state index contributed by atoms with van der Waals surface area (Å²) in [4.78, 5) is 10.4. The lowest BCUT2D eigenvalue weighted by Gasteiger charge is -1.94. The van der Waals surface area contributed by atoms with Crippen molar-refractivity contribution in [2.75, 3.05) is 0 Å². The molecule has 0 saturated heterocycles. The van der Waals surface area contributed by atoms with Crippen molar-refractivity contribution in [1.82, 2.24) is 0 Å². The standard InChI is InChI=1S/C12H13NO/c1-2-10-6-8-11(9-7-10)4-3-5-12(13)14/h6-9H,2,5H2,1H3,(H2,13,14). The summed E-state index contributed by atoms with van der Waals surface area (Å²) in [5.74, 6) is 5.20. The molecular formula is C12H13NO. The van der Waals surface area contributed by atoms with Crippen LogP contribution in [0.4, 0.5) is 0 Å². The maximum atomic E-state index is 10.4. The van der Waals surface area contributed by atoms with Crippen molar-refractivity contribution in [2.45, 2.75) is 19.8 Å². The highest BCUT2D eigenvalue weighted by Crippen LogP contribution is 2.03. The Morgan fingerprint density at radius 2 is 2.00 bits per heavy atom. The molecule has 0 saturated carbocycles. The lowest BCUT2D eigenvalue weighted by atomic mass is 10.1. The Hall–Kier alpha value is -1.75. The van der Waals surface area contributed by atoms with Crippen molar-refractivity contribution in [2.24, 2.45) is 5.73 Å². The van der Waals surface area contributed by atoms with Gasteiger partial charge in [-0.1, -0.05) is 30.9 Å². The molecule has 0 fully saturated rings. The van der Waals surface area contributed by atoms with E-state index in [-0.39, 0.29) is 12.3 Å². The van der Waals surface area contributed by atoms with Gasteiger partial charge in [0.1, 0.15) is 0 Å². The summed E-state index contributed by atoms with van der Waals surface area (Å²) in [5, 5.41) is 0. The molecule has 0 bridgehead atoms. The molecule has 0 spiro atoms. The average molecular weight is 187 g/mol. The zero-order valence-electron chi connectivity index (χ0n) is 8.21. The summed E-state index contributed by atoms with van der Waals surface area (Å²) in [5.41, 5.74) is 7.16.